The Bertz CT molecular complexity index is 659. The molecule has 0 unspecified atom stereocenters. The Morgan fingerprint density at radius 2 is 2.08 bits per heavy atom. The molecule has 1 heterocycles. The standard InChI is InChI=1S/C16H20ClN3O5/c1-2-25-16(22)11-5-7-19(8-6-11)10-15(21)18-14-4-3-12(20(23)24)9-13(14)17/h3-4,9,11H,2,5-8,10H2,1H3,(H,18,21). The summed E-state index contributed by atoms with van der Waals surface area (Å²) in [6.07, 6.45) is 1.31. The molecular weight excluding hydrogens is 350 g/mol. The molecule has 0 aromatic heterocycles. The lowest BCUT2D eigenvalue weighted by Gasteiger charge is -2.30. The third kappa shape index (κ3) is 5.40. The van der Waals surface area contributed by atoms with Gasteiger partial charge in [0.05, 0.1) is 34.7 Å². The summed E-state index contributed by atoms with van der Waals surface area (Å²) in [6, 6.07) is 3.89. The van der Waals surface area contributed by atoms with Crippen molar-refractivity contribution in [2.24, 2.45) is 5.92 Å². The number of rotatable bonds is 6. The van der Waals surface area contributed by atoms with Crippen molar-refractivity contribution in [1.29, 1.82) is 0 Å². The Kier molecular flexibility index (Phi) is 6.72. The molecule has 1 fully saturated rings. The Morgan fingerprint density at radius 1 is 1.40 bits per heavy atom. The van der Waals surface area contributed by atoms with Gasteiger partial charge in [-0.2, -0.15) is 0 Å². The predicted octanol–water partition coefficient (Wildman–Crippen LogP) is 2.46. The fourth-order valence-corrected chi connectivity index (χ4v) is 2.92. The zero-order valence-electron chi connectivity index (χ0n) is 13.9. The fourth-order valence-electron chi connectivity index (χ4n) is 2.70. The van der Waals surface area contributed by atoms with Crippen LogP contribution in [0.15, 0.2) is 18.2 Å². The minimum absolute atomic E-state index is 0.108. The van der Waals surface area contributed by atoms with E-state index in [0.717, 1.165) is 0 Å². The molecule has 2 rings (SSSR count). The minimum atomic E-state index is -0.550. The molecule has 1 N–H and O–H groups in total. The molecular formula is C16H20ClN3O5. The third-order valence-electron chi connectivity index (χ3n) is 4.01. The third-order valence-corrected chi connectivity index (χ3v) is 4.33. The number of non-ortho nitro benzene ring substituents is 1. The highest BCUT2D eigenvalue weighted by molar-refractivity contribution is 6.34. The number of nitrogens with one attached hydrogen (secondary N) is 1. The predicted molar refractivity (Wildman–Crippen MR) is 92.5 cm³/mol. The molecule has 8 nitrogen and oxygen atoms in total. The van der Waals surface area contributed by atoms with E-state index in [1.54, 1.807) is 6.92 Å². The first-order chi connectivity index (χ1) is 11.9. The maximum absolute atomic E-state index is 12.1. The molecule has 0 aliphatic carbocycles. The molecule has 1 aromatic carbocycles. The largest absolute Gasteiger partial charge is 0.466 e. The lowest BCUT2D eigenvalue weighted by atomic mass is 9.97. The Morgan fingerprint density at radius 3 is 2.64 bits per heavy atom. The summed E-state index contributed by atoms with van der Waals surface area (Å²) in [6.45, 7) is 3.58. The van der Waals surface area contributed by atoms with Crippen LogP contribution >= 0.6 is 11.6 Å². The van der Waals surface area contributed by atoms with Crippen molar-refractivity contribution < 1.29 is 19.2 Å². The number of nitrogens with zero attached hydrogens (tertiary/aromatic N) is 2. The number of benzene rings is 1. The number of nitro groups is 1. The molecule has 25 heavy (non-hydrogen) atoms. The second kappa shape index (κ2) is 8.77. The second-order valence-electron chi connectivity index (χ2n) is 5.77. The van der Waals surface area contributed by atoms with Crippen molar-refractivity contribution in [3.05, 3.63) is 33.3 Å². The van der Waals surface area contributed by atoms with Crippen LogP contribution in [0.4, 0.5) is 11.4 Å². The number of anilines is 1. The van der Waals surface area contributed by atoms with Gasteiger partial charge >= 0.3 is 5.97 Å². The molecule has 0 saturated carbocycles. The number of carbonyl (C=O) groups excluding carboxylic acids is 2. The van der Waals surface area contributed by atoms with Gasteiger partial charge < -0.3 is 10.1 Å². The number of nitro benzene ring substituents is 1. The van der Waals surface area contributed by atoms with Crippen LogP contribution in [-0.4, -0.2) is 47.9 Å². The molecule has 1 aromatic rings. The van der Waals surface area contributed by atoms with Crippen molar-refractivity contribution in [2.45, 2.75) is 19.8 Å². The summed E-state index contributed by atoms with van der Waals surface area (Å²) >= 11 is 5.96. The lowest BCUT2D eigenvalue weighted by Crippen LogP contribution is -2.41. The highest BCUT2D eigenvalue weighted by Crippen LogP contribution is 2.26. The quantitative estimate of drug-likeness (QED) is 0.469. The average molecular weight is 370 g/mol. The van der Waals surface area contributed by atoms with E-state index < -0.39 is 4.92 Å². The molecule has 0 atom stereocenters. The van der Waals surface area contributed by atoms with Crippen LogP contribution in [0.1, 0.15) is 19.8 Å². The SMILES string of the molecule is CCOC(=O)C1CCN(CC(=O)Nc2ccc([N+](=O)[O-])cc2Cl)CC1. The normalized spacial score (nSPS) is 15.6. The first-order valence-electron chi connectivity index (χ1n) is 8.03. The minimum Gasteiger partial charge on any atom is -0.466 e. The molecule has 1 aliphatic heterocycles. The zero-order chi connectivity index (χ0) is 18.4. The highest BCUT2D eigenvalue weighted by atomic mass is 35.5. The highest BCUT2D eigenvalue weighted by Gasteiger charge is 2.26. The van der Waals surface area contributed by atoms with Crippen molar-refractivity contribution in [1.82, 2.24) is 4.90 Å². The van der Waals surface area contributed by atoms with Crippen LogP contribution in [0.5, 0.6) is 0 Å². The number of esters is 1. The summed E-state index contributed by atoms with van der Waals surface area (Å²) in [4.78, 5) is 35.9. The van der Waals surface area contributed by atoms with Gasteiger partial charge in [0, 0.05) is 12.1 Å². The van der Waals surface area contributed by atoms with Gasteiger partial charge in [-0.3, -0.25) is 24.6 Å². The van der Waals surface area contributed by atoms with Gasteiger partial charge in [0.2, 0.25) is 5.91 Å². The van der Waals surface area contributed by atoms with E-state index in [0.29, 0.717) is 38.2 Å². The Labute approximate surface area is 150 Å². The van der Waals surface area contributed by atoms with E-state index in [1.807, 2.05) is 4.90 Å². The lowest BCUT2D eigenvalue weighted by molar-refractivity contribution is -0.384. The summed E-state index contributed by atoms with van der Waals surface area (Å²) in [5.41, 5.74) is 0.197. The molecule has 1 aliphatic rings. The maximum atomic E-state index is 12.1. The van der Waals surface area contributed by atoms with E-state index in [9.17, 15) is 19.7 Å². The van der Waals surface area contributed by atoms with E-state index >= 15 is 0 Å². The molecule has 0 spiro atoms. The van der Waals surface area contributed by atoms with E-state index in [2.05, 4.69) is 5.32 Å². The van der Waals surface area contributed by atoms with Gasteiger partial charge in [0.1, 0.15) is 0 Å². The number of piperidine rings is 1. The number of ether oxygens (including phenoxy) is 1. The number of halogens is 1. The van der Waals surface area contributed by atoms with Crippen molar-refractivity contribution in [2.75, 3.05) is 31.6 Å². The first-order valence-corrected chi connectivity index (χ1v) is 8.41. The van der Waals surface area contributed by atoms with E-state index in [-0.39, 0.29) is 35.0 Å². The van der Waals surface area contributed by atoms with Crippen molar-refractivity contribution in [3.63, 3.8) is 0 Å². The van der Waals surface area contributed by atoms with Gasteiger partial charge in [0.15, 0.2) is 0 Å². The Balaban J connectivity index is 1.83. The van der Waals surface area contributed by atoms with Crippen molar-refractivity contribution in [3.8, 4) is 0 Å². The smallest absolute Gasteiger partial charge is 0.309 e. The summed E-state index contributed by atoms with van der Waals surface area (Å²) in [5, 5.41) is 13.5. The van der Waals surface area contributed by atoms with E-state index in [1.165, 1.54) is 18.2 Å². The molecule has 0 radical (unpaired) electrons. The summed E-state index contributed by atoms with van der Waals surface area (Å²) in [5.74, 6) is -0.544. The topological polar surface area (TPSA) is 102 Å². The van der Waals surface area contributed by atoms with Crippen LogP contribution in [0.3, 0.4) is 0 Å². The summed E-state index contributed by atoms with van der Waals surface area (Å²) in [7, 11) is 0. The van der Waals surface area contributed by atoms with E-state index in [4.69, 9.17) is 16.3 Å². The Hall–Kier alpha value is -2.19. The van der Waals surface area contributed by atoms with Gasteiger partial charge in [-0.05, 0) is 38.9 Å². The number of carbonyl (C=O) groups is 2. The second-order valence-corrected chi connectivity index (χ2v) is 6.18. The van der Waals surface area contributed by atoms with Crippen LogP contribution in [-0.2, 0) is 14.3 Å². The fraction of sp³-hybridized carbons (Fsp3) is 0.500. The molecule has 9 heteroatoms. The average Bonchev–Trinajstić information content (AvgIpc) is 2.57. The van der Waals surface area contributed by atoms with Gasteiger partial charge in [-0.15, -0.1) is 0 Å². The number of hydrogen-bond acceptors (Lipinski definition) is 6. The molecule has 1 saturated heterocycles. The van der Waals surface area contributed by atoms with Crippen LogP contribution in [0, 0.1) is 16.0 Å². The molecule has 0 bridgehead atoms. The molecule has 1 amide bonds. The van der Waals surface area contributed by atoms with Gasteiger partial charge in [-0.25, -0.2) is 0 Å². The monoisotopic (exact) mass is 369 g/mol. The summed E-state index contributed by atoms with van der Waals surface area (Å²) < 4.78 is 5.02. The van der Waals surface area contributed by atoms with Crippen LogP contribution in [0.2, 0.25) is 5.02 Å². The van der Waals surface area contributed by atoms with Crippen LogP contribution < -0.4 is 5.32 Å². The maximum Gasteiger partial charge on any atom is 0.309 e. The van der Waals surface area contributed by atoms with Crippen LogP contribution in [0.25, 0.3) is 0 Å². The number of amides is 1. The van der Waals surface area contributed by atoms with Crippen molar-refractivity contribution >= 4 is 34.9 Å². The van der Waals surface area contributed by atoms with Gasteiger partial charge in [-0.1, -0.05) is 11.6 Å². The molecule has 136 valence electrons. The first kappa shape index (κ1) is 19.1. The zero-order valence-corrected chi connectivity index (χ0v) is 14.6. The van der Waals surface area contributed by atoms with Gasteiger partial charge in [0.25, 0.3) is 5.69 Å². The number of likely N-dealkylation sites (tertiary alicyclic amines) is 1. The number of hydrogen-bond donors (Lipinski definition) is 1.